The molecule has 5 rings (SSSR count). The maximum atomic E-state index is 12.7. The fourth-order valence-corrected chi connectivity index (χ4v) is 3.85. The minimum Gasteiger partial charge on any atom is -0.354 e. The highest BCUT2D eigenvalue weighted by atomic mass is 16.6. The average molecular weight is 476 g/mol. The van der Waals surface area contributed by atoms with Gasteiger partial charge < -0.3 is 10.6 Å². The fraction of sp³-hybridized carbons (Fsp3) is 0.0357. The summed E-state index contributed by atoms with van der Waals surface area (Å²) in [7, 11) is 0. The van der Waals surface area contributed by atoms with Crippen LogP contribution in [0.3, 0.4) is 0 Å². The first-order chi connectivity index (χ1) is 17.5. The minimum absolute atomic E-state index is 0.0169. The number of hydrogen-bond acceptors (Lipinski definition) is 6. The van der Waals surface area contributed by atoms with Crippen LogP contribution in [0, 0.1) is 10.1 Å². The Morgan fingerprint density at radius 2 is 1.58 bits per heavy atom. The Bertz CT molecular complexity index is 1540. The zero-order chi connectivity index (χ0) is 24.9. The SMILES string of the molecule is O=C(Nc1ccc(Cc2ccccc2)cc1)c1ccc(Nc2ccnc3ccc([N+](=O)[O-])cc23)cn1. The normalized spacial score (nSPS) is 10.7. The van der Waals surface area contributed by atoms with Crippen molar-refractivity contribution in [1.29, 1.82) is 0 Å². The molecule has 2 N–H and O–H groups in total. The lowest BCUT2D eigenvalue weighted by atomic mass is 10.0. The van der Waals surface area contributed by atoms with Crippen molar-refractivity contribution < 1.29 is 9.72 Å². The fourth-order valence-electron chi connectivity index (χ4n) is 3.85. The molecule has 0 atom stereocenters. The molecule has 36 heavy (non-hydrogen) atoms. The highest BCUT2D eigenvalue weighted by molar-refractivity contribution is 6.03. The summed E-state index contributed by atoms with van der Waals surface area (Å²) in [6.07, 6.45) is 3.99. The summed E-state index contributed by atoms with van der Waals surface area (Å²) in [5.74, 6) is -0.317. The van der Waals surface area contributed by atoms with Crippen molar-refractivity contribution in [2.24, 2.45) is 0 Å². The van der Waals surface area contributed by atoms with Gasteiger partial charge in [-0.25, -0.2) is 4.98 Å². The molecule has 0 radical (unpaired) electrons. The monoisotopic (exact) mass is 475 g/mol. The number of amides is 1. The minimum atomic E-state index is -0.442. The quantitative estimate of drug-likeness (QED) is 0.217. The highest BCUT2D eigenvalue weighted by Gasteiger charge is 2.11. The van der Waals surface area contributed by atoms with Gasteiger partial charge in [0, 0.05) is 35.1 Å². The van der Waals surface area contributed by atoms with E-state index < -0.39 is 4.92 Å². The smallest absolute Gasteiger partial charge is 0.274 e. The van der Waals surface area contributed by atoms with Gasteiger partial charge >= 0.3 is 0 Å². The van der Waals surface area contributed by atoms with Crippen LogP contribution >= 0.6 is 0 Å². The van der Waals surface area contributed by atoms with Crippen molar-refractivity contribution in [3.05, 3.63) is 130 Å². The molecule has 2 aromatic heterocycles. The molecular weight excluding hydrogens is 454 g/mol. The maximum Gasteiger partial charge on any atom is 0.274 e. The lowest BCUT2D eigenvalue weighted by Gasteiger charge is -2.10. The molecule has 5 aromatic rings. The van der Waals surface area contributed by atoms with Gasteiger partial charge in [-0.2, -0.15) is 0 Å². The Hall–Kier alpha value is -5.11. The van der Waals surface area contributed by atoms with Crippen molar-refractivity contribution in [3.63, 3.8) is 0 Å². The van der Waals surface area contributed by atoms with Crippen LogP contribution in [0.5, 0.6) is 0 Å². The van der Waals surface area contributed by atoms with Gasteiger partial charge in [0.05, 0.1) is 22.3 Å². The van der Waals surface area contributed by atoms with E-state index >= 15 is 0 Å². The lowest BCUT2D eigenvalue weighted by molar-refractivity contribution is -0.384. The Balaban J connectivity index is 1.25. The van der Waals surface area contributed by atoms with Crippen molar-refractivity contribution in [2.75, 3.05) is 10.6 Å². The maximum absolute atomic E-state index is 12.7. The molecule has 0 saturated heterocycles. The summed E-state index contributed by atoms with van der Waals surface area (Å²) in [5.41, 5.74) is 5.23. The van der Waals surface area contributed by atoms with Gasteiger partial charge in [-0.3, -0.25) is 19.9 Å². The molecule has 0 unspecified atom stereocenters. The third-order valence-corrected chi connectivity index (χ3v) is 5.67. The molecule has 3 aromatic carbocycles. The van der Waals surface area contributed by atoms with Crippen LogP contribution in [-0.2, 0) is 6.42 Å². The Labute approximate surface area is 206 Å². The summed E-state index contributed by atoms with van der Waals surface area (Å²) >= 11 is 0. The number of pyridine rings is 2. The number of anilines is 3. The van der Waals surface area contributed by atoms with Crippen molar-refractivity contribution in [2.45, 2.75) is 6.42 Å². The van der Waals surface area contributed by atoms with E-state index in [9.17, 15) is 14.9 Å². The number of carbonyl (C=O) groups excluding carboxylic acids is 1. The van der Waals surface area contributed by atoms with E-state index in [0.717, 1.165) is 12.0 Å². The average Bonchev–Trinajstić information content (AvgIpc) is 2.91. The topological polar surface area (TPSA) is 110 Å². The van der Waals surface area contributed by atoms with Gasteiger partial charge in [-0.1, -0.05) is 42.5 Å². The van der Waals surface area contributed by atoms with Crippen LogP contribution in [0.15, 0.2) is 103 Å². The molecule has 1 amide bonds. The summed E-state index contributed by atoms with van der Waals surface area (Å²) < 4.78 is 0. The van der Waals surface area contributed by atoms with Gasteiger partial charge in [0.2, 0.25) is 0 Å². The van der Waals surface area contributed by atoms with E-state index in [-0.39, 0.29) is 17.3 Å². The Kier molecular flexibility index (Phi) is 6.31. The van der Waals surface area contributed by atoms with Gasteiger partial charge in [0.1, 0.15) is 5.69 Å². The van der Waals surface area contributed by atoms with E-state index in [1.54, 1.807) is 36.7 Å². The molecule has 0 saturated carbocycles. The molecule has 0 spiro atoms. The second-order valence-corrected chi connectivity index (χ2v) is 8.19. The Morgan fingerprint density at radius 3 is 2.31 bits per heavy atom. The van der Waals surface area contributed by atoms with Gasteiger partial charge in [-0.15, -0.1) is 0 Å². The zero-order valence-electron chi connectivity index (χ0n) is 19.1. The molecule has 8 nitrogen and oxygen atoms in total. The van der Waals surface area contributed by atoms with Crippen LogP contribution in [-0.4, -0.2) is 20.8 Å². The number of aromatic nitrogens is 2. The largest absolute Gasteiger partial charge is 0.354 e. The summed E-state index contributed by atoms with van der Waals surface area (Å²) in [4.78, 5) is 31.9. The molecule has 0 aliphatic heterocycles. The molecule has 0 fully saturated rings. The second-order valence-electron chi connectivity index (χ2n) is 8.19. The Morgan fingerprint density at radius 1 is 0.833 bits per heavy atom. The number of nitrogens with zero attached hydrogens (tertiary/aromatic N) is 3. The van der Waals surface area contributed by atoms with Crippen LogP contribution in [0.25, 0.3) is 10.9 Å². The predicted molar refractivity (Wildman–Crippen MR) is 140 cm³/mol. The second kappa shape index (κ2) is 10.0. The van der Waals surface area contributed by atoms with E-state index in [0.29, 0.717) is 28.0 Å². The number of nitro groups is 1. The van der Waals surface area contributed by atoms with Crippen molar-refractivity contribution >= 4 is 39.6 Å². The highest BCUT2D eigenvalue weighted by Crippen LogP contribution is 2.28. The van der Waals surface area contributed by atoms with E-state index in [4.69, 9.17) is 0 Å². The summed E-state index contributed by atoms with van der Waals surface area (Å²) in [5, 5.41) is 17.8. The first-order valence-electron chi connectivity index (χ1n) is 11.3. The van der Waals surface area contributed by atoms with Crippen LogP contribution in [0.1, 0.15) is 21.6 Å². The predicted octanol–water partition coefficient (Wildman–Crippen LogP) is 6.12. The summed E-state index contributed by atoms with van der Waals surface area (Å²) in [6.45, 7) is 0. The van der Waals surface area contributed by atoms with Gasteiger partial charge in [-0.05, 0) is 53.9 Å². The van der Waals surface area contributed by atoms with Crippen LogP contribution < -0.4 is 10.6 Å². The molecule has 8 heteroatoms. The number of fused-ring (bicyclic) bond motifs is 1. The number of hydrogen-bond donors (Lipinski definition) is 2. The van der Waals surface area contributed by atoms with Crippen LogP contribution in [0.2, 0.25) is 0 Å². The number of nitro benzene ring substituents is 1. The third kappa shape index (κ3) is 5.18. The zero-order valence-corrected chi connectivity index (χ0v) is 19.1. The number of benzene rings is 3. The lowest BCUT2D eigenvalue weighted by Crippen LogP contribution is -2.13. The number of rotatable bonds is 7. The number of nitrogens with one attached hydrogen (secondary N) is 2. The van der Waals surface area contributed by atoms with Gasteiger partial charge in [0.15, 0.2) is 0 Å². The van der Waals surface area contributed by atoms with E-state index in [1.807, 2.05) is 42.5 Å². The van der Waals surface area contributed by atoms with Crippen LogP contribution in [0.4, 0.5) is 22.7 Å². The van der Waals surface area contributed by atoms with E-state index in [2.05, 4.69) is 32.7 Å². The standard InChI is InChI=1S/C28H21N5O3/c34-28(32-21-8-6-20(7-9-21)16-19-4-2-1-3-5-19)27-12-10-22(18-30-27)31-26-14-15-29-25-13-11-23(33(35)36)17-24(25)26/h1-15,17-18H,16H2,(H,29,31)(H,32,34). The van der Waals surface area contributed by atoms with Gasteiger partial charge in [0.25, 0.3) is 11.6 Å². The molecule has 0 aliphatic rings. The van der Waals surface area contributed by atoms with Crippen molar-refractivity contribution in [3.8, 4) is 0 Å². The molecule has 0 aliphatic carbocycles. The molecule has 2 heterocycles. The number of non-ortho nitro benzene ring substituents is 1. The molecular formula is C28H21N5O3. The van der Waals surface area contributed by atoms with E-state index in [1.165, 1.54) is 17.7 Å². The molecule has 0 bridgehead atoms. The first-order valence-corrected chi connectivity index (χ1v) is 11.3. The number of carbonyl (C=O) groups is 1. The van der Waals surface area contributed by atoms with Crippen molar-refractivity contribution in [1.82, 2.24) is 9.97 Å². The molecule has 176 valence electrons. The first kappa shape index (κ1) is 22.7. The summed E-state index contributed by atoms with van der Waals surface area (Å²) in [6, 6.07) is 27.5. The third-order valence-electron chi connectivity index (χ3n) is 5.67.